The Bertz CT molecular complexity index is 939. The van der Waals surface area contributed by atoms with Crippen molar-refractivity contribution in [2.75, 3.05) is 20.2 Å². The van der Waals surface area contributed by atoms with Crippen LogP contribution in [0.25, 0.3) is 0 Å². The quantitative estimate of drug-likeness (QED) is 0.681. The number of amides is 1. The van der Waals surface area contributed by atoms with Gasteiger partial charge in [-0.2, -0.15) is 11.3 Å². The lowest BCUT2D eigenvalue weighted by atomic mass is 9.97. The van der Waals surface area contributed by atoms with Crippen LogP contribution in [0.4, 0.5) is 0 Å². The molecule has 28 heavy (non-hydrogen) atoms. The fourth-order valence-corrected chi connectivity index (χ4v) is 4.53. The van der Waals surface area contributed by atoms with Gasteiger partial charge in [-0.15, -0.1) is 0 Å². The highest BCUT2D eigenvalue weighted by atomic mass is 32.1. The fourth-order valence-electron chi connectivity index (χ4n) is 3.82. The maximum atomic E-state index is 12.8. The lowest BCUT2D eigenvalue weighted by Crippen LogP contribution is -2.40. The predicted octanol–water partition coefficient (Wildman–Crippen LogP) is 4.29. The van der Waals surface area contributed by atoms with Gasteiger partial charge in [-0.1, -0.05) is 36.4 Å². The molecule has 0 saturated carbocycles. The molecule has 0 aliphatic carbocycles. The van der Waals surface area contributed by atoms with Crippen molar-refractivity contribution in [2.45, 2.75) is 19.0 Å². The van der Waals surface area contributed by atoms with Crippen LogP contribution in [-0.2, 0) is 13.0 Å². The van der Waals surface area contributed by atoms with E-state index in [0.717, 1.165) is 19.5 Å². The van der Waals surface area contributed by atoms with Crippen LogP contribution in [0, 0.1) is 0 Å². The van der Waals surface area contributed by atoms with Gasteiger partial charge >= 0.3 is 0 Å². The molecule has 4 nitrogen and oxygen atoms in total. The molecule has 0 saturated heterocycles. The second-order valence-corrected chi connectivity index (χ2v) is 7.75. The number of ether oxygens (including phenoxy) is 1. The van der Waals surface area contributed by atoms with Gasteiger partial charge in [0, 0.05) is 19.6 Å². The number of para-hydroxylation sites is 1. The molecule has 2 heterocycles. The Hall–Kier alpha value is -2.63. The van der Waals surface area contributed by atoms with Gasteiger partial charge in [0.1, 0.15) is 5.75 Å². The maximum Gasteiger partial charge on any atom is 0.255 e. The van der Waals surface area contributed by atoms with Gasteiger partial charge in [-0.05, 0) is 52.1 Å². The zero-order chi connectivity index (χ0) is 19.3. The van der Waals surface area contributed by atoms with Crippen molar-refractivity contribution in [1.82, 2.24) is 10.2 Å². The van der Waals surface area contributed by atoms with E-state index in [1.807, 2.05) is 18.2 Å². The van der Waals surface area contributed by atoms with E-state index in [-0.39, 0.29) is 11.9 Å². The van der Waals surface area contributed by atoms with Crippen molar-refractivity contribution in [3.8, 4) is 5.75 Å². The Labute approximate surface area is 169 Å². The Morgan fingerprint density at radius 1 is 1.14 bits per heavy atom. The van der Waals surface area contributed by atoms with E-state index in [1.165, 1.54) is 16.7 Å². The summed E-state index contributed by atoms with van der Waals surface area (Å²) in [6.07, 6.45) is 1.04. The number of carbonyl (C=O) groups is 1. The summed E-state index contributed by atoms with van der Waals surface area (Å²) in [7, 11) is 1.59. The van der Waals surface area contributed by atoms with Crippen molar-refractivity contribution < 1.29 is 9.53 Å². The largest absolute Gasteiger partial charge is 0.496 e. The molecule has 1 aromatic heterocycles. The van der Waals surface area contributed by atoms with Crippen LogP contribution >= 0.6 is 11.3 Å². The van der Waals surface area contributed by atoms with Crippen LogP contribution in [-0.4, -0.2) is 31.0 Å². The smallest absolute Gasteiger partial charge is 0.255 e. The number of rotatable bonds is 6. The SMILES string of the molecule is COc1ccccc1C(=O)NCC(c1ccsc1)N1CCc2ccccc2C1. The lowest BCUT2D eigenvalue weighted by Gasteiger charge is -2.35. The van der Waals surface area contributed by atoms with Crippen LogP contribution in [0.2, 0.25) is 0 Å². The monoisotopic (exact) mass is 392 g/mol. The Morgan fingerprint density at radius 2 is 1.93 bits per heavy atom. The number of benzene rings is 2. The van der Waals surface area contributed by atoms with Crippen LogP contribution in [0.5, 0.6) is 5.75 Å². The summed E-state index contributed by atoms with van der Waals surface area (Å²) in [6.45, 7) is 2.46. The molecule has 1 aliphatic heterocycles. The molecule has 5 heteroatoms. The summed E-state index contributed by atoms with van der Waals surface area (Å²) >= 11 is 1.69. The number of nitrogens with one attached hydrogen (secondary N) is 1. The number of thiophene rings is 1. The average Bonchev–Trinajstić information content (AvgIpc) is 3.28. The molecular formula is C23H24N2O2S. The summed E-state index contributed by atoms with van der Waals surface area (Å²) in [5.74, 6) is 0.495. The number of carbonyl (C=O) groups excluding carboxylic acids is 1. The van der Waals surface area contributed by atoms with Gasteiger partial charge in [0.25, 0.3) is 5.91 Å². The summed E-state index contributed by atoms with van der Waals surface area (Å²) in [6, 6.07) is 18.3. The van der Waals surface area contributed by atoms with Crippen molar-refractivity contribution in [3.05, 3.63) is 87.6 Å². The minimum Gasteiger partial charge on any atom is -0.496 e. The number of fused-ring (bicyclic) bond motifs is 1. The second-order valence-electron chi connectivity index (χ2n) is 6.97. The van der Waals surface area contributed by atoms with Crippen molar-refractivity contribution in [1.29, 1.82) is 0 Å². The van der Waals surface area contributed by atoms with Gasteiger partial charge in [0.15, 0.2) is 0 Å². The number of hydrogen-bond donors (Lipinski definition) is 1. The van der Waals surface area contributed by atoms with E-state index in [2.05, 4.69) is 51.3 Å². The first kappa shape index (κ1) is 18.7. The second kappa shape index (κ2) is 8.59. The molecule has 0 spiro atoms. The molecule has 0 fully saturated rings. The number of hydrogen-bond acceptors (Lipinski definition) is 4. The Kier molecular flexibility index (Phi) is 5.74. The third-order valence-electron chi connectivity index (χ3n) is 5.34. The van der Waals surface area contributed by atoms with E-state index in [9.17, 15) is 4.79 Å². The van der Waals surface area contributed by atoms with Crippen molar-refractivity contribution in [3.63, 3.8) is 0 Å². The summed E-state index contributed by atoms with van der Waals surface area (Å²) in [5, 5.41) is 7.41. The molecule has 0 radical (unpaired) electrons. The molecule has 3 aromatic rings. The van der Waals surface area contributed by atoms with E-state index in [4.69, 9.17) is 4.74 Å². The first-order valence-electron chi connectivity index (χ1n) is 9.50. The van der Waals surface area contributed by atoms with Gasteiger partial charge in [-0.3, -0.25) is 9.69 Å². The highest BCUT2D eigenvalue weighted by molar-refractivity contribution is 7.07. The molecule has 0 bridgehead atoms. The zero-order valence-corrected chi connectivity index (χ0v) is 16.7. The van der Waals surface area contributed by atoms with Gasteiger partial charge in [0.05, 0.1) is 18.7 Å². The van der Waals surface area contributed by atoms with E-state index in [0.29, 0.717) is 17.9 Å². The van der Waals surface area contributed by atoms with Crippen LogP contribution in [0.1, 0.15) is 33.1 Å². The zero-order valence-electron chi connectivity index (χ0n) is 15.9. The molecule has 1 aliphatic rings. The van der Waals surface area contributed by atoms with E-state index >= 15 is 0 Å². The molecule has 1 amide bonds. The normalized spacial score (nSPS) is 14.9. The fraction of sp³-hybridized carbons (Fsp3) is 0.261. The van der Waals surface area contributed by atoms with Gasteiger partial charge < -0.3 is 10.1 Å². The molecular weight excluding hydrogens is 368 g/mol. The van der Waals surface area contributed by atoms with Crippen LogP contribution in [0.15, 0.2) is 65.4 Å². The lowest BCUT2D eigenvalue weighted by molar-refractivity contribution is 0.0925. The predicted molar refractivity (Wildman–Crippen MR) is 113 cm³/mol. The number of methoxy groups -OCH3 is 1. The minimum atomic E-state index is -0.102. The molecule has 4 rings (SSSR count). The Morgan fingerprint density at radius 3 is 2.71 bits per heavy atom. The first-order chi connectivity index (χ1) is 13.8. The Balaban J connectivity index is 1.51. The molecule has 2 aromatic carbocycles. The standard InChI is InChI=1S/C23H24N2O2S/c1-27-22-9-5-4-8-20(22)23(26)24-14-21(19-11-13-28-16-19)25-12-10-17-6-2-3-7-18(17)15-25/h2-9,11,13,16,21H,10,12,14-15H2,1H3,(H,24,26). The van der Waals surface area contributed by atoms with Crippen molar-refractivity contribution in [2.24, 2.45) is 0 Å². The average molecular weight is 393 g/mol. The highest BCUT2D eigenvalue weighted by Crippen LogP contribution is 2.29. The summed E-state index contributed by atoms with van der Waals surface area (Å²) < 4.78 is 5.33. The third-order valence-corrected chi connectivity index (χ3v) is 6.04. The molecule has 1 atom stereocenters. The van der Waals surface area contributed by atoms with Gasteiger partial charge in [-0.25, -0.2) is 0 Å². The first-order valence-corrected chi connectivity index (χ1v) is 10.4. The van der Waals surface area contributed by atoms with Crippen LogP contribution in [0.3, 0.4) is 0 Å². The highest BCUT2D eigenvalue weighted by Gasteiger charge is 2.26. The summed E-state index contributed by atoms with van der Waals surface area (Å²) in [5.41, 5.74) is 4.63. The third kappa shape index (κ3) is 3.96. The summed E-state index contributed by atoms with van der Waals surface area (Å²) in [4.78, 5) is 15.2. The number of nitrogens with zero attached hydrogens (tertiary/aromatic N) is 1. The minimum absolute atomic E-state index is 0.102. The van der Waals surface area contributed by atoms with Crippen molar-refractivity contribution >= 4 is 17.2 Å². The van der Waals surface area contributed by atoms with E-state index < -0.39 is 0 Å². The molecule has 144 valence electrons. The topological polar surface area (TPSA) is 41.6 Å². The maximum absolute atomic E-state index is 12.8. The molecule has 1 N–H and O–H groups in total. The molecule has 1 unspecified atom stereocenters. The van der Waals surface area contributed by atoms with E-state index in [1.54, 1.807) is 24.5 Å². The van der Waals surface area contributed by atoms with Gasteiger partial charge in [0.2, 0.25) is 0 Å². The van der Waals surface area contributed by atoms with Crippen LogP contribution < -0.4 is 10.1 Å².